The first-order valence-electron chi connectivity index (χ1n) is 6.92. The second-order valence-corrected chi connectivity index (χ2v) is 5.36. The van der Waals surface area contributed by atoms with Crippen molar-refractivity contribution < 1.29 is 14.7 Å². The van der Waals surface area contributed by atoms with Crippen LogP contribution in [0.3, 0.4) is 0 Å². The molecule has 0 saturated carbocycles. The first-order valence-corrected chi connectivity index (χ1v) is 7.30. The summed E-state index contributed by atoms with van der Waals surface area (Å²) in [6.45, 7) is 1.96. The number of carbonyl (C=O) groups excluding carboxylic acids is 1. The summed E-state index contributed by atoms with van der Waals surface area (Å²) in [6, 6.07) is 10.8. The Kier molecular flexibility index (Phi) is 5.22. The first kappa shape index (κ1) is 16.1. The average molecular weight is 321 g/mol. The molecule has 116 valence electrons. The number of hydrogen-bond acceptors (Lipinski definition) is 2. The highest BCUT2D eigenvalue weighted by Crippen LogP contribution is 2.29. The van der Waals surface area contributed by atoms with Gasteiger partial charge in [-0.15, -0.1) is 0 Å². The maximum Gasteiger partial charge on any atom is 0.315 e. The molecule has 0 heterocycles. The fourth-order valence-electron chi connectivity index (χ4n) is 2.27. The molecule has 0 saturated heterocycles. The lowest BCUT2D eigenvalue weighted by Gasteiger charge is -2.17. The van der Waals surface area contributed by atoms with Crippen LogP contribution < -0.4 is 10.6 Å². The van der Waals surface area contributed by atoms with E-state index < -0.39 is 12.0 Å². The molecule has 3 N–H and O–H groups in total. The molecular formula is C16H17ClN2O3. The van der Waals surface area contributed by atoms with Crippen molar-refractivity contribution in [2.45, 2.75) is 19.4 Å². The standard InChI is InChI=1S/C16H17ClN2O3/c1-10(19-16(22)18-9-8-15(20)21)11-6-7-14(17)13-5-3-2-4-12(11)13/h2-7,10H,8-9H2,1H3,(H,20,21)(H2,18,19,22). The van der Waals surface area contributed by atoms with E-state index in [0.717, 1.165) is 16.3 Å². The van der Waals surface area contributed by atoms with E-state index in [1.54, 1.807) is 6.07 Å². The van der Waals surface area contributed by atoms with Gasteiger partial charge in [-0.1, -0.05) is 41.9 Å². The van der Waals surface area contributed by atoms with Crippen molar-refractivity contribution in [3.8, 4) is 0 Å². The maximum absolute atomic E-state index is 11.8. The Morgan fingerprint density at radius 2 is 1.86 bits per heavy atom. The number of rotatable bonds is 5. The molecule has 0 aliphatic rings. The van der Waals surface area contributed by atoms with Crippen LogP contribution in [-0.2, 0) is 4.79 Å². The summed E-state index contributed by atoms with van der Waals surface area (Å²) < 4.78 is 0. The van der Waals surface area contributed by atoms with Crippen molar-refractivity contribution in [2.24, 2.45) is 0 Å². The lowest BCUT2D eigenvalue weighted by Crippen LogP contribution is -2.38. The molecule has 0 aromatic heterocycles. The Morgan fingerprint density at radius 3 is 2.55 bits per heavy atom. The summed E-state index contributed by atoms with van der Waals surface area (Å²) in [7, 11) is 0. The summed E-state index contributed by atoms with van der Waals surface area (Å²) in [6.07, 6.45) is -0.105. The number of carboxylic acids is 1. The highest BCUT2D eigenvalue weighted by atomic mass is 35.5. The summed E-state index contributed by atoms with van der Waals surface area (Å²) in [5.41, 5.74) is 0.952. The van der Waals surface area contributed by atoms with Crippen molar-refractivity contribution in [3.05, 3.63) is 47.0 Å². The number of nitrogens with one attached hydrogen (secondary N) is 2. The number of carboxylic acid groups (broad SMARTS) is 1. The Morgan fingerprint density at radius 1 is 1.18 bits per heavy atom. The molecule has 2 amide bonds. The van der Waals surface area contributed by atoms with Crippen molar-refractivity contribution in [2.75, 3.05) is 6.54 Å². The van der Waals surface area contributed by atoms with E-state index in [9.17, 15) is 9.59 Å². The monoisotopic (exact) mass is 320 g/mol. The van der Waals surface area contributed by atoms with Gasteiger partial charge in [-0.05, 0) is 23.9 Å². The minimum absolute atomic E-state index is 0.0925. The van der Waals surface area contributed by atoms with Gasteiger partial charge in [0.15, 0.2) is 0 Å². The van der Waals surface area contributed by atoms with Gasteiger partial charge in [-0.3, -0.25) is 4.79 Å². The maximum atomic E-state index is 11.8. The second kappa shape index (κ2) is 7.13. The largest absolute Gasteiger partial charge is 0.481 e. The zero-order chi connectivity index (χ0) is 16.1. The molecule has 0 bridgehead atoms. The molecule has 0 fully saturated rings. The van der Waals surface area contributed by atoms with Crippen LogP contribution in [-0.4, -0.2) is 23.7 Å². The number of fused-ring (bicyclic) bond motifs is 1. The van der Waals surface area contributed by atoms with Crippen LogP contribution in [0.5, 0.6) is 0 Å². The first-order chi connectivity index (χ1) is 10.5. The van der Waals surface area contributed by atoms with Crippen molar-refractivity contribution in [3.63, 3.8) is 0 Å². The molecule has 2 aromatic carbocycles. The Labute approximate surface area is 133 Å². The number of benzene rings is 2. The van der Waals surface area contributed by atoms with Gasteiger partial charge in [0.05, 0.1) is 12.5 Å². The molecule has 0 aliphatic heterocycles. The highest BCUT2D eigenvalue weighted by Gasteiger charge is 2.13. The molecule has 2 rings (SSSR count). The molecule has 2 aromatic rings. The van der Waals surface area contributed by atoms with Crippen LogP contribution >= 0.6 is 11.6 Å². The lowest BCUT2D eigenvalue weighted by molar-refractivity contribution is -0.136. The van der Waals surface area contributed by atoms with E-state index >= 15 is 0 Å². The second-order valence-electron chi connectivity index (χ2n) is 4.95. The zero-order valence-corrected chi connectivity index (χ0v) is 12.9. The predicted molar refractivity (Wildman–Crippen MR) is 86.2 cm³/mol. The van der Waals surface area contributed by atoms with Crippen molar-refractivity contribution in [1.29, 1.82) is 0 Å². The number of halogens is 1. The molecule has 0 spiro atoms. The predicted octanol–water partition coefficient (Wildman–Crippen LogP) is 3.33. The fraction of sp³-hybridized carbons (Fsp3) is 0.250. The van der Waals surface area contributed by atoms with Gasteiger partial charge >= 0.3 is 12.0 Å². The smallest absolute Gasteiger partial charge is 0.315 e. The zero-order valence-electron chi connectivity index (χ0n) is 12.1. The number of urea groups is 1. The molecule has 5 nitrogen and oxygen atoms in total. The number of aliphatic carboxylic acids is 1. The van der Waals surface area contributed by atoms with Crippen LogP contribution in [0.15, 0.2) is 36.4 Å². The molecule has 6 heteroatoms. The Hall–Kier alpha value is -2.27. The summed E-state index contributed by atoms with van der Waals surface area (Å²) in [5, 5.41) is 16.4. The SMILES string of the molecule is CC(NC(=O)NCCC(=O)O)c1ccc(Cl)c2ccccc12. The number of amides is 2. The van der Waals surface area contributed by atoms with E-state index in [1.165, 1.54) is 0 Å². The number of carbonyl (C=O) groups is 2. The topological polar surface area (TPSA) is 78.4 Å². The summed E-state index contributed by atoms with van der Waals surface area (Å²) in [5.74, 6) is -0.947. The van der Waals surface area contributed by atoms with Gasteiger partial charge in [0.25, 0.3) is 0 Å². The lowest BCUT2D eigenvalue weighted by atomic mass is 10.00. The fourth-order valence-corrected chi connectivity index (χ4v) is 2.50. The molecule has 1 unspecified atom stereocenters. The molecule has 22 heavy (non-hydrogen) atoms. The van der Waals surface area contributed by atoms with E-state index in [2.05, 4.69) is 10.6 Å². The minimum atomic E-state index is -0.947. The molecule has 0 aliphatic carbocycles. The van der Waals surface area contributed by atoms with Gasteiger partial charge < -0.3 is 15.7 Å². The van der Waals surface area contributed by atoms with E-state index in [0.29, 0.717) is 5.02 Å². The molecule has 1 atom stereocenters. The summed E-state index contributed by atoms with van der Waals surface area (Å²) >= 11 is 6.18. The Balaban J connectivity index is 2.10. The van der Waals surface area contributed by atoms with E-state index in [-0.39, 0.29) is 19.0 Å². The number of hydrogen-bond donors (Lipinski definition) is 3. The third-order valence-corrected chi connectivity index (χ3v) is 3.67. The third kappa shape index (κ3) is 3.89. The third-order valence-electron chi connectivity index (χ3n) is 3.34. The van der Waals surface area contributed by atoms with E-state index in [1.807, 2.05) is 37.3 Å². The van der Waals surface area contributed by atoms with Gasteiger partial charge in [-0.25, -0.2) is 4.79 Å². The quantitative estimate of drug-likeness (QED) is 0.790. The Bertz CT molecular complexity index is 703. The normalized spacial score (nSPS) is 11.9. The molecule has 0 radical (unpaired) electrons. The van der Waals surface area contributed by atoms with Gasteiger partial charge in [-0.2, -0.15) is 0 Å². The van der Waals surface area contributed by atoms with Crippen LogP contribution in [0.4, 0.5) is 4.79 Å². The van der Waals surface area contributed by atoms with Crippen LogP contribution in [0, 0.1) is 0 Å². The van der Waals surface area contributed by atoms with Crippen molar-refractivity contribution in [1.82, 2.24) is 10.6 Å². The average Bonchev–Trinajstić information content (AvgIpc) is 2.47. The van der Waals surface area contributed by atoms with Crippen LogP contribution in [0.25, 0.3) is 10.8 Å². The van der Waals surface area contributed by atoms with Crippen LogP contribution in [0.2, 0.25) is 5.02 Å². The van der Waals surface area contributed by atoms with Gasteiger partial charge in [0, 0.05) is 17.0 Å². The highest BCUT2D eigenvalue weighted by molar-refractivity contribution is 6.35. The van der Waals surface area contributed by atoms with Gasteiger partial charge in [0.1, 0.15) is 0 Å². The van der Waals surface area contributed by atoms with E-state index in [4.69, 9.17) is 16.7 Å². The van der Waals surface area contributed by atoms with Crippen LogP contribution in [0.1, 0.15) is 24.9 Å². The van der Waals surface area contributed by atoms with Gasteiger partial charge in [0.2, 0.25) is 0 Å². The minimum Gasteiger partial charge on any atom is -0.481 e. The van der Waals surface area contributed by atoms with Crippen molar-refractivity contribution >= 4 is 34.4 Å². The summed E-state index contributed by atoms with van der Waals surface area (Å²) in [4.78, 5) is 22.2. The molecular weight excluding hydrogens is 304 g/mol.